The summed E-state index contributed by atoms with van der Waals surface area (Å²) in [6.45, 7) is 7.60. The van der Waals surface area contributed by atoms with Crippen molar-refractivity contribution in [2.24, 2.45) is 0 Å². The fourth-order valence-corrected chi connectivity index (χ4v) is 1.52. The summed E-state index contributed by atoms with van der Waals surface area (Å²) in [5.41, 5.74) is 1.15. The van der Waals surface area contributed by atoms with E-state index in [2.05, 4.69) is 17.6 Å². The molecule has 0 bridgehead atoms. The molecule has 0 aromatic heterocycles. The molecule has 1 N–H and O–H groups in total. The zero-order valence-corrected chi connectivity index (χ0v) is 9.69. The minimum Gasteiger partial charge on any atom is -0.378 e. The number of hydrogen-bond donors (Lipinski definition) is 1. The summed E-state index contributed by atoms with van der Waals surface area (Å²) < 4.78 is 5.29. The Kier molecular flexibility index (Phi) is 6.26. The van der Waals surface area contributed by atoms with Gasteiger partial charge in [0.15, 0.2) is 0 Å². The molecular formula is C13H20N2O. The van der Waals surface area contributed by atoms with E-state index >= 15 is 0 Å². The zero-order valence-electron chi connectivity index (χ0n) is 9.69. The average molecular weight is 220 g/mol. The van der Waals surface area contributed by atoms with Crippen LogP contribution in [0, 0.1) is 5.41 Å². The first kappa shape index (κ1) is 12.7. The molecule has 0 aromatic rings. The summed E-state index contributed by atoms with van der Waals surface area (Å²) in [5.74, 6) is 0. The molecule has 0 unspecified atom stereocenters. The molecule has 3 heteroatoms. The quantitative estimate of drug-likeness (QED) is 0.551. The third kappa shape index (κ3) is 4.94. The lowest BCUT2D eigenvalue weighted by atomic mass is 10.2. The van der Waals surface area contributed by atoms with Crippen LogP contribution in [0.4, 0.5) is 0 Å². The molecule has 1 fully saturated rings. The molecule has 1 heterocycles. The number of nitrogens with one attached hydrogen (secondary N) is 1. The highest BCUT2D eigenvalue weighted by atomic mass is 16.5. The van der Waals surface area contributed by atoms with Gasteiger partial charge in [-0.15, -0.1) is 0 Å². The molecule has 0 amide bonds. The number of rotatable bonds is 6. The second kappa shape index (κ2) is 7.88. The number of nitrogens with zero attached hydrogens (tertiary/aromatic N) is 1. The van der Waals surface area contributed by atoms with Gasteiger partial charge in [0, 0.05) is 31.6 Å². The minimum atomic E-state index is 0.703. The van der Waals surface area contributed by atoms with E-state index in [0.29, 0.717) is 6.42 Å². The predicted octanol–water partition coefficient (Wildman–Crippen LogP) is 2.37. The SMILES string of the molecule is C=C(C/C=C\C=C/CC=N)N1CCOCC1. The van der Waals surface area contributed by atoms with E-state index in [9.17, 15) is 0 Å². The highest BCUT2D eigenvalue weighted by molar-refractivity contribution is 5.55. The third-order valence-electron chi connectivity index (χ3n) is 2.45. The first-order chi connectivity index (χ1) is 7.84. The molecule has 16 heavy (non-hydrogen) atoms. The fourth-order valence-electron chi connectivity index (χ4n) is 1.52. The van der Waals surface area contributed by atoms with Crippen LogP contribution in [0.5, 0.6) is 0 Å². The second-order valence-electron chi connectivity index (χ2n) is 3.67. The molecule has 0 aromatic carbocycles. The van der Waals surface area contributed by atoms with Gasteiger partial charge in [-0.3, -0.25) is 0 Å². The summed E-state index contributed by atoms with van der Waals surface area (Å²) in [7, 11) is 0. The minimum absolute atomic E-state index is 0.703. The van der Waals surface area contributed by atoms with Crippen LogP contribution in [0.2, 0.25) is 0 Å². The van der Waals surface area contributed by atoms with Crippen LogP contribution >= 0.6 is 0 Å². The van der Waals surface area contributed by atoms with Gasteiger partial charge in [-0.25, -0.2) is 0 Å². The Morgan fingerprint density at radius 3 is 2.62 bits per heavy atom. The van der Waals surface area contributed by atoms with Crippen molar-refractivity contribution in [3.8, 4) is 0 Å². The van der Waals surface area contributed by atoms with E-state index < -0.39 is 0 Å². The summed E-state index contributed by atoms with van der Waals surface area (Å²) >= 11 is 0. The van der Waals surface area contributed by atoms with Crippen LogP contribution in [0.3, 0.4) is 0 Å². The molecule has 0 atom stereocenters. The Hall–Kier alpha value is -1.35. The average Bonchev–Trinajstić information content (AvgIpc) is 2.34. The first-order valence-corrected chi connectivity index (χ1v) is 5.65. The maximum absolute atomic E-state index is 6.85. The highest BCUT2D eigenvalue weighted by Crippen LogP contribution is 2.09. The van der Waals surface area contributed by atoms with E-state index in [0.717, 1.165) is 38.4 Å². The monoisotopic (exact) mass is 220 g/mol. The Morgan fingerprint density at radius 2 is 1.94 bits per heavy atom. The van der Waals surface area contributed by atoms with Crippen molar-refractivity contribution < 1.29 is 4.74 Å². The van der Waals surface area contributed by atoms with E-state index in [1.165, 1.54) is 6.21 Å². The molecular weight excluding hydrogens is 200 g/mol. The molecule has 1 saturated heterocycles. The standard InChI is InChI=1S/C13H20N2O/c1-13(15-9-11-16-12-10-15)7-5-3-2-4-6-8-14/h2-5,8,14H,1,6-7,9-12H2/b4-2-,5-3-,14-8?. The van der Waals surface area contributed by atoms with Gasteiger partial charge < -0.3 is 15.0 Å². The van der Waals surface area contributed by atoms with Gasteiger partial charge in [0.1, 0.15) is 0 Å². The topological polar surface area (TPSA) is 36.3 Å². The molecule has 0 saturated carbocycles. The number of ether oxygens (including phenoxy) is 1. The highest BCUT2D eigenvalue weighted by Gasteiger charge is 2.10. The van der Waals surface area contributed by atoms with Crippen molar-refractivity contribution in [3.63, 3.8) is 0 Å². The maximum atomic E-state index is 6.85. The van der Waals surface area contributed by atoms with Crippen LogP contribution in [0.1, 0.15) is 12.8 Å². The van der Waals surface area contributed by atoms with Gasteiger partial charge >= 0.3 is 0 Å². The summed E-state index contributed by atoms with van der Waals surface area (Å²) in [5, 5.41) is 6.85. The van der Waals surface area contributed by atoms with Gasteiger partial charge in [0.2, 0.25) is 0 Å². The smallest absolute Gasteiger partial charge is 0.0642 e. The summed E-state index contributed by atoms with van der Waals surface area (Å²) in [6.07, 6.45) is 11.0. The molecule has 3 nitrogen and oxygen atoms in total. The lowest BCUT2D eigenvalue weighted by Crippen LogP contribution is -2.35. The molecule has 0 aliphatic carbocycles. The van der Waals surface area contributed by atoms with Gasteiger partial charge in [-0.2, -0.15) is 0 Å². The molecule has 0 radical (unpaired) electrons. The Morgan fingerprint density at radius 1 is 1.25 bits per heavy atom. The third-order valence-corrected chi connectivity index (χ3v) is 2.45. The van der Waals surface area contributed by atoms with Crippen LogP contribution < -0.4 is 0 Å². The normalized spacial score (nSPS) is 17.1. The van der Waals surface area contributed by atoms with Gasteiger partial charge in [-0.05, 0) is 6.21 Å². The van der Waals surface area contributed by atoms with Crippen molar-refractivity contribution in [1.29, 1.82) is 5.41 Å². The van der Waals surface area contributed by atoms with Crippen molar-refractivity contribution in [1.82, 2.24) is 4.90 Å². The number of hydrogen-bond acceptors (Lipinski definition) is 3. The number of morpholine rings is 1. The van der Waals surface area contributed by atoms with Crippen LogP contribution in [0.15, 0.2) is 36.6 Å². The van der Waals surface area contributed by atoms with Gasteiger partial charge in [0.05, 0.1) is 13.2 Å². The van der Waals surface area contributed by atoms with Crippen molar-refractivity contribution >= 4 is 6.21 Å². The lowest BCUT2D eigenvalue weighted by molar-refractivity contribution is 0.0530. The van der Waals surface area contributed by atoms with Crippen LogP contribution in [-0.4, -0.2) is 37.4 Å². The lowest BCUT2D eigenvalue weighted by Gasteiger charge is -2.29. The summed E-state index contributed by atoms with van der Waals surface area (Å²) in [4.78, 5) is 2.27. The summed E-state index contributed by atoms with van der Waals surface area (Å²) in [6, 6.07) is 0. The Labute approximate surface area is 97.6 Å². The molecule has 1 rings (SSSR count). The van der Waals surface area contributed by atoms with Crippen LogP contribution in [0.25, 0.3) is 0 Å². The molecule has 1 aliphatic rings. The number of allylic oxidation sites excluding steroid dienone is 4. The van der Waals surface area contributed by atoms with Gasteiger partial charge in [-0.1, -0.05) is 30.9 Å². The van der Waals surface area contributed by atoms with Crippen molar-refractivity contribution in [2.45, 2.75) is 12.8 Å². The maximum Gasteiger partial charge on any atom is 0.0642 e. The van der Waals surface area contributed by atoms with Gasteiger partial charge in [0.25, 0.3) is 0 Å². The van der Waals surface area contributed by atoms with E-state index in [1.807, 2.05) is 18.2 Å². The van der Waals surface area contributed by atoms with E-state index in [-0.39, 0.29) is 0 Å². The Bertz CT molecular complexity index is 276. The first-order valence-electron chi connectivity index (χ1n) is 5.65. The molecule has 1 aliphatic heterocycles. The largest absolute Gasteiger partial charge is 0.378 e. The predicted molar refractivity (Wildman–Crippen MR) is 67.8 cm³/mol. The van der Waals surface area contributed by atoms with Crippen LogP contribution in [-0.2, 0) is 4.74 Å². The fraction of sp³-hybridized carbons (Fsp3) is 0.462. The van der Waals surface area contributed by atoms with Crippen molar-refractivity contribution in [2.75, 3.05) is 26.3 Å². The Balaban J connectivity index is 2.20. The zero-order chi connectivity index (χ0) is 11.6. The van der Waals surface area contributed by atoms with E-state index in [1.54, 1.807) is 0 Å². The second-order valence-corrected chi connectivity index (χ2v) is 3.67. The molecule has 0 spiro atoms. The van der Waals surface area contributed by atoms with E-state index in [4.69, 9.17) is 10.1 Å². The van der Waals surface area contributed by atoms with Crippen molar-refractivity contribution in [3.05, 3.63) is 36.6 Å². The molecule has 88 valence electrons.